The number of carbonyl (C=O) groups is 2. The van der Waals surface area contributed by atoms with E-state index in [1.807, 2.05) is 24.3 Å². The number of aliphatic carboxylic acids is 1. The first-order chi connectivity index (χ1) is 11.1. The molecule has 122 valence electrons. The van der Waals surface area contributed by atoms with Crippen LogP contribution in [0.5, 0.6) is 0 Å². The van der Waals surface area contributed by atoms with Gasteiger partial charge >= 0.3 is 5.97 Å². The molecule has 1 aromatic heterocycles. The molecule has 6 nitrogen and oxygen atoms in total. The number of rotatable bonds is 5. The smallest absolute Gasteiger partial charge is 0.326 e. The average Bonchev–Trinajstić information content (AvgIpc) is 2.98. The zero-order valence-electron chi connectivity index (χ0n) is 12.7. The number of benzene rings is 1. The molecule has 0 saturated carbocycles. The van der Waals surface area contributed by atoms with E-state index < -0.39 is 18.1 Å². The Balaban J connectivity index is 1.71. The fourth-order valence-corrected chi connectivity index (χ4v) is 2.93. The number of ether oxygens (including phenoxy) is 1. The number of H-pyrrole nitrogens is 1. The maximum Gasteiger partial charge on any atom is 0.326 e. The molecule has 6 heteroatoms. The average molecular weight is 316 g/mol. The normalized spacial score (nSPS) is 19.4. The number of aromatic amines is 1. The maximum absolute atomic E-state index is 12.2. The van der Waals surface area contributed by atoms with Crippen molar-refractivity contribution < 1.29 is 19.4 Å². The van der Waals surface area contributed by atoms with Crippen LogP contribution in [0.2, 0.25) is 0 Å². The molecule has 2 atom stereocenters. The lowest BCUT2D eigenvalue weighted by Crippen LogP contribution is -2.48. The fourth-order valence-electron chi connectivity index (χ4n) is 2.93. The number of nitrogens with one attached hydrogen (secondary N) is 2. The number of hydrogen-bond acceptors (Lipinski definition) is 3. The van der Waals surface area contributed by atoms with Gasteiger partial charge in [-0.2, -0.15) is 0 Å². The zero-order valence-corrected chi connectivity index (χ0v) is 12.7. The number of aromatic nitrogens is 1. The van der Waals surface area contributed by atoms with Gasteiger partial charge in [-0.15, -0.1) is 0 Å². The van der Waals surface area contributed by atoms with E-state index in [4.69, 9.17) is 4.74 Å². The number of carboxylic acid groups (broad SMARTS) is 1. The highest BCUT2D eigenvalue weighted by atomic mass is 16.5. The van der Waals surface area contributed by atoms with Gasteiger partial charge < -0.3 is 20.1 Å². The van der Waals surface area contributed by atoms with Crippen molar-refractivity contribution in [3.63, 3.8) is 0 Å². The molecule has 1 aromatic carbocycles. The van der Waals surface area contributed by atoms with Gasteiger partial charge in [0.1, 0.15) is 12.1 Å². The van der Waals surface area contributed by atoms with Gasteiger partial charge in [-0.1, -0.05) is 18.2 Å². The van der Waals surface area contributed by atoms with E-state index in [0.29, 0.717) is 13.0 Å². The Labute approximate surface area is 133 Å². The molecule has 3 rings (SSSR count). The van der Waals surface area contributed by atoms with Crippen molar-refractivity contribution >= 4 is 22.8 Å². The first-order valence-electron chi connectivity index (χ1n) is 7.85. The van der Waals surface area contributed by atoms with Gasteiger partial charge in [0.25, 0.3) is 0 Å². The third kappa shape index (κ3) is 3.53. The third-order valence-corrected chi connectivity index (χ3v) is 4.19. The van der Waals surface area contributed by atoms with Crippen LogP contribution < -0.4 is 5.32 Å². The van der Waals surface area contributed by atoms with Crippen LogP contribution in [-0.4, -0.2) is 40.7 Å². The summed E-state index contributed by atoms with van der Waals surface area (Å²) in [6, 6.07) is 6.73. The van der Waals surface area contributed by atoms with E-state index in [1.165, 1.54) is 0 Å². The van der Waals surface area contributed by atoms with E-state index in [-0.39, 0.29) is 12.3 Å². The highest BCUT2D eigenvalue weighted by Gasteiger charge is 2.27. The maximum atomic E-state index is 12.2. The van der Waals surface area contributed by atoms with Gasteiger partial charge in [0, 0.05) is 30.1 Å². The van der Waals surface area contributed by atoms with Gasteiger partial charge in [-0.05, 0) is 30.9 Å². The van der Waals surface area contributed by atoms with Crippen molar-refractivity contribution in [3.05, 3.63) is 36.0 Å². The minimum absolute atomic E-state index is 0.234. The van der Waals surface area contributed by atoms with E-state index in [1.54, 1.807) is 6.20 Å². The standard InChI is InChI=1S/C17H20N2O4/c20-16(15-7-3-4-8-23-15)19-14(17(21)22)9-11-10-18-13-6-2-1-5-12(11)13/h1-2,5-6,10,14-15,18H,3-4,7-9H2,(H,19,20)(H,21,22)/t14-,15-/m1/s1. The summed E-state index contributed by atoms with van der Waals surface area (Å²) in [5, 5.41) is 13.0. The molecule has 0 radical (unpaired) electrons. The molecule has 3 N–H and O–H groups in total. The molecule has 1 fully saturated rings. The zero-order chi connectivity index (χ0) is 16.2. The second-order valence-electron chi connectivity index (χ2n) is 5.82. The number of amides is 1. The number of para-hydroxylation sites is 1. The summed E-state index contributed by atoms with van der Waals surface area (Å²) < 4.78 is 5.41. The number of carboxylic acids is 1. The summed E-state index contributed by atoms with van der Waals surface area (Å²) in [7, 11) is 0. The van der Waals surface area contributed by atoms with Crippen molar-refractivity contribution in [2.75, 3.05) is 6.61 Å². The van der Waals surface area contributed by atoms with Gasteiger partial charge in [-0.3, -0.25) is 4.79 Å². The molecule has 1 amide bonds. The highest BCUT2D eigenvalue weighted by molar-refractivity contribution is 5.88. The number of fused-ring (bicyclic) bond motifs is 1. The van der Waals surface area contributed by atoms with Crippen molar-refractivity contribution in [1.29, 1.82) is 0 Å². The molecule has 23 heavy (non-hydrogen) atoms. The van der Waals surface area contributed by atoms with Crippen LogP contribution in [0.25, 0.3) is 10.9 Å². The first kappa shape index (κ1) is 15.6. The van der Waals surface area contributed by atoms with Crippen molar-refractivity contribution in [2.24, 2.45) is 0 Å². The van der Waals surface area contributed by atoms with Crippen LogP contribution in [0.4, 0.5) is 0 Å². The molecule has 1 aliphatic rings. The van der Waals surface area contributed by atoms with Crippen LogP contribution in [-0.2, 0) is 20.7 Å². The molecular formula is C17H20N2O4. The number of hydrogen-bond donors (Lipinski definition) is 3. The topological polar surface area (TPSA) is 91.4 Å². The Morgan fingerprint density at radius 3 is 2.91 bits per heavy atom. The van der Waals surface area contributed by atoms with Crippen LogP contribution >= 0.6 is 0 Å². The third-order valence-electron chi connectivity index (χ3n) is 4.19. The van der Waals surface area contributed by atoms with Crippen LogP contribution in [0.1, 0.15) is 24.8 Å². The Morgan fingerprint density at radius 1 is 1.35 bits per heavy atom. The van der Waals surface area contributed by atoms with Gasteiger partial charge in [0.2, 0.25) is 5.91 Å². The molecule has 0 aliphatic carbocycles. The van der Waals surface area contributed by atoms with Crippen molar-refractivity contribution in [1.82, 2.24) is 10.3 Å². The molecule has 0 bridgehead atoms. The summed E-state index contributed by atoms with van der Waals surface area (Å²) in [6.07, 6.45) is 4.01. The molecular weight excluding hydrogens is 296 g/mol. The quantitative estimate of drug-likeness (QED) is 0.785. The van der Waals surface area contributed by atoms with E-state index in [2.05, 4.69) is 10.3 Å². The van der Waals surface area contributed by atoms with Gasteiger partial charge in [0.15, 0.2) is 0 Å². The SMILES string of the molecule is O=C(O)[C@@H](Cc1c[nH]c2ccccc12)NC(=O)[C@H]1CCCCO1. The second-order valence-corrected chi connectivity index (χ2v) is 5.82. The largest absolute Gasteiger partial charge is 0.480 e. The van der Waals surface area contributed by atoms with Crippen LogP contribution in [0, 0.1) is 0 Å². The lowest BCUT2D eigenvalue weighted by Gasteiger charge is -2.23. The fraction of sp³-hybridized carbons (Fsp3) is 0.412. The summed E-state index contributed by atoms with van der Waals surface area (Å²) in [6.45, 7) is 0.554. The van der Waals surface area contributed by atoms with E-state index in [0.717, 1.165) is 29.3 Å². The Bertz CT molecular complexity index is 703. The number of carbonyl (C=O) groups excluding carboxylic acids is 1. The summed E-state index contributed by atoms with van der Waals surface area (Å²) in [5.74, 6) is -1.38. The minimum atomic E-state index is -1.04. The Hall–Kier alpha value is -2.34. The minimum Gasteiger partial charge on any atom is -0.480 e. The molecule has 2 aromatic rings. The van der Waals surface area contributed by atoms with Crippen molar-refractivity contribution in [2.45, 2.75) is 37.8 Å². The molecule has 2 heterocycles. The van der Waals surface area contributed by atoms with E-state index in [9.17, 15) is 14.7 Å². The van der Waals surface area contributed by atoms with Gasteiger partial charge in [-0.25, -0.2) is 4.79 Å². The Morgan fingerprint density at radius 2 is 2.17 bits per heavy atom. The summed E-state index contributed by atoms with van der Waals surface area (Å²) >= 11 is 0. The van der Waals surface area contributed by atoms with Crippen molar-refractivity contribution in [3.8, 4) is 0 Å². The monoisotopic (exact) mass is 316 g/mol. The van der Waals surface area contributed by atoms with Gasteiger partial charge in [0.05, 0.1) is 0 Å². The predicted molar refractivity (Wildman–Crippen MR) is 85.2 cm³/mol. The predicted octanol–water partition coefficient (Wildman–Crippen LogP) is 1.85. The second kappa shape index (κ2) is 6.83. The molecule has 0 unspecified atom stereocenters. The van der Waals surface area contributed by atoms with Crippen LogP contribution in [0.15, 0.2) is 30.5 Å². The summed E-state index contributed by atoms with van der Waals surface area (Å²) in [5.41, 5.74) is 1.83. The lowest BCUT2D eigenvalue weighted by atomic mass is 10.0. The summed E-state index contributed by atoms with van der Waals surface area (Å²) in [4.78, 5) is 26.8. The molecule has 0 spiro atoms. The molecule has 1 saturated heterocycles. The molecule has 1 aliphatic heterocycles. The Kier molecular flexibility index (Phi) is 4.62. The van der Waals surface area contributed by atoms with Crippen LogP contribution in [0.3, 0.4) is 0 Å². The lowest BCUT2D eigenvalue weighted by molar-refractivity contribution is -0.145. The van der Waals surface area contributed by atoms with E-state index >= 15 is 0 Å². The first-order valence-corrected chi connectivity index (χ1v) is 7.85. The highest BCUT2D eigenvalue weighted by Crippen LogP contribution is 2.19.